The molecule has 3 heterocycles. The first kappa shape index (κ1) is 17.0. The predicted octanol–water partition coefficient (Wildman–Crippen LogP) is 1.27. The average molecular weight is 357 g/mol. The van der Waals surface area contributed by atoms with Crippen LogP contribution in [0.15, 0.2) is 23.2 Å². The first-order valence-corrected chi connectivity index (χ1v) is 9.12. The SMILES string of the molecule is CCc1ocnc1C(=O)NC1CC(c2cc(N3CC[C@@H](O)C3)ncn2)C1. The van der Waals surface area contributed by atoms with Gasteiger partial charge < -0.3 is 19.7 Å². The monoisotopic (exact) mass is 357 g/mol. The minimum absolute atomic E-state index is 0.126. The minimum atomic E-state index is -0.277. The zero-order valence-electron chi connectivity index (χ0n) is 14.8. The second-order valence-corrected chi connectivity index (χ2v) is 7.01. The maximum absolute atomic E-state index is 12.3. The molecule has 0 spiro atoms. The summed E-state index contributed by atoms with van der Waals surface area (Å²) in [5.41, 5.74) is 1.38. The highest BCUT2D eigenvalue weighted by Gasteiger charge is 2.34. The van der Waals surface area contributed by atoms with Crippen LogP contribution in [0.3, 0.4) is 0 Å². The number of aliphatic hydroxyl groups is 1. The van der Waals surface area contributed by atoms with Crippen molar-refractivity contribution in [2.75, 3.05) is 18.0 Å². The van der Waals surface area contributed by atoms with Gasteiger partial charge in [0.25, 0.3) is 5.91 Å². The molecular formula is C18H23N5O3. The molecule has 2 aromatic rings. The predicted molar refractivity (Wildman–Crippen MR) is 94.0 cm³/mol. The summed E-state index contributed by atoms with van der Waals surface area (Å²) in [4.78, 5) is 27.1. The molecule has 2 aromatic heterocycles. The summed E-state index contributed by atoms with van der Waals surface area (Å²) in [7, 11) is 0. The number of hydrogen-bond acceptors (Lipinski definition) is 7. The van der Waals surface area contributed by atoms with Crippen LogP contribution >= 0.6 is 0 Å². The molecule has 1 saturated heterocycles. The maximum atomic E-state index is 12.3. The van der Waals surface area contributed by atoms with Crippen LogP contribution in [0, 0.1) is 0 Å². The Labute approximate surface area is 151 Å². The number of aliphatic hydroxyl groups excluding tert-OH is 1. The van der Waals surface area contributed by atoms with Gasteiger partial charge in [-0.3, -0.25) is 4.79 Å². The molecule has 26 heavy (non-hydrogen) atoms. The molecule has 8 nitrogen and oxygen atoms in total. The van der Waals surface area contributed by atoms with E-state index >= 15 is 0 Å². The molecule has 1 aliphatic carbocycles. The second-order valence-electron chi connectivity index (χ2n) is 7.01. The van der Waals surface area contributed by atoms with Crippen molar-refractivity contribution in [2.45, 2.75) is 50.7 Å². The number of rotatable bonds is 5. The van der Waals surface area contributed by atoms with E-state index in [2.05, 4.69) is 25.2 Å². The van der Waals surface area contributed by atoms with Gasteiger partial charge in [0.05, 0.1) is 6.10 Å². The van der Waals surface area contributed by atoms with Crippen LogP contribution in [-0.2, 0) is 6.42 Å². The molecule has 2 N–H and O–H groups in total. The summed E-state index contributed by atoms with van der Waals surface area (Å²) in [5.74, 6) is 1.63. The van der Waals surface area contributed by atoms with Crippen LogP contribution in [0.5, 0.6) is 0 Å². The van der Waals surface area contributed by atoms with E-state index in [1.54, 1.807) is 6.33 Å². The van der Waals surface area contributed by atoms with Gasteiger partial charge in [-0.2, -0.15) is 0 Å². The van der Waals surface area contributed by atoms with E-state index in [4.69, 9.17) is 4.42 Å². The maximum Gasteiger partial charge on any atom is 0.273 e. The van der Waals surface area contributed by atoms with Crippen molar-refractivity contribution in [3.05, 3.63) is 35.9 Å². The molecular weight excluding hydrogens is 334 g/mol. The lowest BCUT2D eigenvalue weighted by atomic mass is 9.78. The fourth-order valence-corrected chi connectivity index (χ4v) is 3.65. The number of carbonyl (C=O) groups is 1. The number of carbonyl (C=O) groups excluding carboxylic acids is 1. The quantitative estimate of drug-likeness (QED) is 0.830. The fraction of sp³-hybridized carbons (Fsp3) is 0.556. The molecule has 1 saturated carbocycles. The lowest BCUT2D eigenvalue weighted by Gasteiger charge is -2.35. The summed E-state index contributed by atoms with van der Waals surface area (Å²) in [6, 6.07) is 2.13. The number of nitrogens with one attached hydrogen (secondary N) is 1. The van der Waals surface area contributed by atoms with E-state index in [0.29, 0.717) is 30.3 Å². The lowest BCUT2D eigenvalue weighted by Crippen LogP contribution is -2.44. The molecule has 1 amide bonds. The van der Waals surface area contributed by atoms with Crippen LogP contribution in [-0.4, -0.2) is 51.2 Å². The van der Waals surface area contributed by atoms with E-state index in [1.807, 2.05) is 13.0 Å². The summed E-state index contributed by atoms with van der Waals surface area (Å²) in [6.45, 7) is 3.37. The molecule has 4 rings (SSSR count). The van der Waals surface area contributed by atoms with Gasteiger partial charge in [-0.15, -0.1) is 0 Å². The molecule has 1 aliphatic heterocycles. The standard InChI is InChI=1S/C18H23N5O3/c1-2-15-17(21-10-26-15)18(25)22-12-5-11(6-12)14-7-16(20-9-19-14)23-4-3-13(24)8-23/h7,9-13,24H,2-6,8H2,1H3,(H,22,25)/t11?,12?,13-/m1/s1. The Morgan fingerprint density at radius 1 is 1.38 bits per heavy atom. The fourth-order valence-electron chi connectivity index (χ4n) is 3.65. The van der Waals surface area contributed by atoms with Gasteiger partial charge in [0.1, 0.15) is 17.9 Å². The van der Waals surface area contributed by atoms with Crippen molar-refractivity contribution in [1.29, 1.82) is 0 Å². The number of β-amino-alcohol motifs (C(OH)–C–C–N with tert-alkyl or cyclic N) is 1. The zero-order valence-corrected chi connectivity index (χ0v) is 14.8. The summed E-state index contributed by atoms with van der Waals surface area (Å²) in [5, 5.41) is 12.7. The number of oxazole rings is 1. The van der Waals surface area contributed by atoms with E-state index in [9.17, 15) is 9.90 Å². The van der Waals surface area contributed by atoms with Crippen molar-refractivity contribution in [2.24, 2.45) is 0 Å². The Morgan fingerprint density at radius 2 is 2.23 bits per heavy atom. The van der Waals surface area contributed by atoms with Crippen LogP contribution in [0.2, 0.25) is 0 Å². The zero-order chi connectivity index (χ0) is 18.1. The molecule has 0 bridgehead atoms. The van der Waals surface area contributed by atoms with Gasteiger partial charge >= 0.3 is 0 Å². The second kappa shape index (κ2) is 7.03. The van der Waals surface area contributed by atoms with Gasteiger partial charge in [0.15, 0.2) is 12.1 Å². The van der Waals surface area contributed by atoms with E-state index in [1.165, 1.54) is 6.39 Å². The van der Waals surface area contributed by atoms with Crippen LogP contribution in [0.4, 0.5) is 5.82 Å². The van der Waals surface area contributed by atoms with Crippen LogP contribution in [0.1, 0.15) is 54.0 Å². The number of nitrogens with zero attached hydrogens (tertiary/aromatic N) is 4. The molecule has 1 atom stereocenters. The number of anilines is 1. The molecule has 8 heteroatoms. The van der Waals surface area contributed by atoms with Crippen molar-refractivity contribution in [1.82, 2.24) is 20.3 Å². The Balaban J connectivity index is 1.34. The Morgan fingerprint density at radius 3 is 2.96 bits per heavy atom. The Kier molecular flexibility index (Phi) is 4.58. The molecule has 0 unspecified atom stereocenters. The van der Waals surface area contributed by atoms with E-state index in [-0.39, 0.29) is 18.1 Å². The smallest absolute Gasteiger partial charge is 0.273 e. The summed E-state index contributed by atoms with van der Waals surface area (Å²) in [6.07, 6.45) is 5.75. The van der Waals surface area contributed by atoms with Crippen LogP contribution in [0.25, 0.3) is 0 Å². The van der Waals surface area contributed by atoms with Crippen molar-refractivity contribution in [3.63, 3.8) is 0 Å². The topological polar surface area (TPSA) is 104 Å². The highest BCUT2D eigenvalue weighted by molar-refractivity contribution is 5.93. The first-order chi connectivity index (χ1) is 12.6. The highest BCUT2D eigenvalue weighted by Crippen LogP contribution is 2.37. The third-order valence-electron chi connectivity index (χ3n) is 5.23. The van der Waals surface area contributed by atoms with Gasteiger partial charge in [0.2, 0.25) is 0 Å². The third-order valence-corrected chi connectivity index (χ3v) is 5.23. The van der Waals surface area contributed by atoms with Crippen molar-refractivity contribution in [3.8, 4) is 0 Å². The van der Waals surface area contributed by atoms with Gasteiger partial charge in [-0.25, -0.2) is 15.0 Å². The number of amides is 1. The molecule has 138 valence electrons. The van der Waals surface area contributed by atoms with E-state index in [0.717, 1.165) is 37.3 Å². The minimum Gasteiger partial charge on any atom is -0.448 e. The largest absolute Gasteiger partial charge is 0.448 e. The summed E-state index contributed by atoms with van der Waals surface area (Å²) >= 11 is 0. The van der Waals surface area contributed by atoms with Gasteiger partial charge in [-0.05, 0) is 19.3 Å². The third kappa shape index (κ3) is 3.29. The number of hydrogen-bond donors (Lipinski definition) is 2. The highest BCUT2D eigenvalue weighted by atomic mass is 16.3. The summed E-state index contributed by atoms with van der Waals surface area (Å²) < 4.78 is 5.22. The van der Waals surface area contributed by atoms with Crippen molar-refractivity contribution >= 4 is 11.7 Å². The molecule has 2 aliphatic rings. The van der Waals surface area contributed by atoms with Crippen LogP contribution < -0.4 is 10.2 Å². The number of aromatic nitrogens is 3. The van der Waals surface area contributed by atoms with Crippen molar-refractivity contribution < 1.29 is 14.3 Å². The lowest BCUT2D eigenvalue weighted by molar-refractivity contribution is 0.0901. The molecule has 2 fully saturated rings. The first-order valence-electron chi connectivity index (χ1n) is 9.12. The van der Waals surface area contributed by atoms with E-state index < -0.39 is 0 Å². The average Bonchev–Trinajstić information content (AvgIpc) is 3.26. The van der Waals surface area contributed by atoms with Gasteiger partial charge in [-0.1, -0.05) is 6.92 Å². The molecule has 0 radical (unpaired) electrons. The normalized spacial score (nSPS) is 25.2. The Bertz CT molecular complexity index is 787. The Hall–Kier alpha value is -2.48. The molecule has 0 aromatic carbocycles. The number of aryl methyl sites for hydroxylation is 1. The van der Waals surface area contributed by atoms with Gasteiger partial charge in [0, 0.05) is 43.2 Å².